The lowest BCUT2D eigenvalue weighted by molar-refractivity contribution is -0.119. The SMILES string of the molecule is CC(=O)NCc1ccc(S(=O)(=O)N2CCOCC2c2cccc(F)c2)cc1. The van der Waals surface area contributed by atoms with Gasteiger partial charge in [0, 0.05) is 20.0 Å². The maximum absolute atomic E-state index is 13.6. The van der Waals surface area contributed by atoms with Gasteiger partial charge in [-0.1, -0.05) is 24.3 Å². The first-order chi connectivity index (χ1) is 12.9. The van der Waals surface area contributed by atoms with Gasteiger partial charge in [0.15, 0.2) is 0 Å². The van der Waals surface area contributed by atoms with Gasteiger partial charge in [0.2, 0.25) is 15.9 Å². The van der Waals surface area contributed by atoms with Gasteiger partial charge in [-0.2, -0.15) is 4.31 Å². The van der Waals surface area contributed by atoms with Crippen LogP contribution in [-0.2, 0) is 26.1 Å². The summed E-state index contributed by atoms with van der Waals surface area (Å²) < 4.78 is 46.7. The van der Waals surface area contributed by atoms with Crippen molar-refractivity contribution in [2.75, 3.05) is 19.8 Å². The zero-order valence-electron chi connectivity index (χ0n) is 14.9. The molecule has 0 spiro atoms. The normalized spacial score (nSPS) is 18.2. The van der Waals surface area contributed by atoms with Crippen molar-refractivity contribution >= 4 is 15.9 Å². The first-order valence-corrected chi connectivity index (χ1v) is 10.0. The van der Waals surface area contributed by atoms with Crippen molar-refractivity contribution in [2.45, 2.75) is 24.4 Å². The van der Waals surface area contributed by atoms with E-state index in [-0.39, 0.29) is 30.6 Å². The Hall–Kier alpha value is -2.29. The summed E-state index contributed by atoms with van der Waals surface area (Å²) in [7, 11) is -3.78. The second-order valence-electron chi connectivity index (χ2n) is 6.32. The number of sulfonamides is 1. The minimum absolute atomic E-state index is 0.150. The summed E-state index contributed by atoms with van der Waals surface area (Å²) in [6, 6.07) is 11.7. The van der Waals surface area contributed by atoms with Crippen LogP contribution >= 0.6 is 0 Å². The number of morpholine rings is 1. The van der Waals surface area contributed by atoms with Crippen molar-refractivity contribution in [3.63, 3.8) is 0 Å². The third kappa shape index (κ3) is 4.52. The fourth-order valence-electron chi connectivity index (χ4n) is 2.99. The number of carbonyl (C=O) groups excluding carboxylic acids is 1. The van der Waals surface area contributed by atoms with Crippen LogP contribution in [0.15, 0.2) is 53.4 Å². The fraction of sp³-hybridized carbons (Fsp3) is 0.316. The summed E-state index contributed by atoms with van der Waals surface area (Å²) in [4.78, 5) is 11.1. The Kier molecular flexibility index (Phi) is 5.88. The fourth-order valence-corrected chi connectivity index (χ4v) is 4.58. The highest BCUT2D eigenvalue weighted by Gasteiger charge is 2.35. The number of hydrogen-bond acceptors (Lipinski definition) is 4. The molecule has 1 fully saturated rings. The van der Waals surface area contributed by atoms with Gasteiger partial charge in [0.25, 0.3) is 0 Å². The Morgan fingerprint density at radius 3 is 2.67 bits per heavy atom. The highest BCUT2D eigenvalue weighted by molar-refractivity contribution is 7.89. The Morgan fingerprint density at radius 1 is 1.26 bits per heavy atom. The molecule has 0 radical (unpaired) electrons. The Labute approximate surface area is 158 Å². The largest absolute Gasteiger partial charge is 0.378 e. The number of amides is 1. The van der Waals surface area contributed by atoms with Crippen LogP contribution in [0.1, 0.15) is 24.1 Å². The van der Waals surface area contributed by atoms with E-state index in [2.05, 4.69) is 5.32 Å². The van der Waals surface area contributed by atoms with Crippen LogP contribution in [-0.4, -0.2) is 38.4 Å². The number of rotatable bonds is 5. The molecule has 1 saturated heterocycles. The molecule has 2 aromatic carbocycles. The van der Waals surface area contributed by atoms with Crippen molar-refractivity contribution < 1.29 is 22.3 Å². The molecule has 6 nitrogen and oxygen atoms in total. The molecular weight excluding hydrogens is 371 g/mol. The van der Waals surface area contributed by atoms with E-state index < -0.39 is 21.9 Å². The topological polar surface area (TPSA) is 75.7 Å². The summed E-state index contributed by atoms with van der Waals surface area (Å²) in [5.41, 5.74) is 1.35. The van der Waals surface area contributed by atoms with Crippen molar-refractivity contribution in [1.82, 2.24) is 9.62 Å². The van der Waals surface area contributed by atoms with Crippen molar-refractivity contribution in [3.05, 3.63) is 65.5 Å². The van der Waals surface area contributed by atoms with Gasteiger partial charge >= 0.3 is 0 Å². The van der Waals surface area contributed by atoms with Gasteiger partial charge < -0.3 is 10.1 Å². The summed E-state index contributed by atoms with van der Waals surface area (Å²) in [5, 5.41) is 2.67. The first kappa shape index (κ1) is 19.5. The second kappa shape index (κ2) is 8.16. The van der Waals surface area contributed by atoms with E-state index in [0.29, 0.717) is 12.1 Å². The molecule has 1 amide bonds. The van der Waals surface area contributed by atoms with E-state index in [1.807, 2.05) is 0 Å². The average Bonchev–Trinajstić information content (AvgIpc) is 2.66. The highest BCUT2D eigenvalue weighted by atomic mass is 32.2. The van der Waals surface area contributed by atoms with Gasteiger partial charge in [0.05, 0.1) is 24.2 Å². The summed E-state index contributed by atoms with van der Waals surface area (Å²) in [6.45, 7) is 2.40. The van der Waals surface area contributed by atoms with E-state index in [1.54, 1.807) is 24.3 Å². The van der Waals surface area contributed by atoms with Crippen LogP contribution < -0.4 is 5.32 Å². The average molecular weight is 392 g/mol. The van der Waals surface area contributed by atoms with Gasteiger partial charge in [0.1, 0.15) is 5.82 Å². The molecule has 1 aliphatic rings. The monoisotopic (exact) mass is 392 g/mol. The van der Waals surface area contributed by atoms with Crippen LogP contribution in [0.4, 0.5) is 4.39 Å². The summed E-state index contributed by atoms with van der Waals surface area (Å²) in [5.74, 6) is -0.573. The predicted molar refractivity (Wildman–Crippen MR) is 97.8 cm³/mol. The van der Waals surface area contributed by atoms with Crippen LogP contribution in [0.5, 0.6) is 0 Å². The third-order valence-electron chi connectivity index (χ3n) is 4.38. The van der Waals surface area contributed by atoms with E-state index in [9.17, 15) is 17.6 Å². The number of ether oxygens (including phenoxy) is 1. The minimum atomic E-state index is -3.78. The van der Waals surface area contributed by atoms with Crippen molar-refractivity contribution in [3.8, 4) is 0 Å². The molecular formula is C19H21FN2O4S. The molecule has 0 aliphatic carbocycles. The molecule has 1 aliphatic heterocycles. The maximum Gasteiger partial charge on any atom is 0.243 e. The molecule has 8 heteroatoms. The smallest absolute Gasteiger partial charge is 0.243 e. The highest BCUT2D eigenvalue weighted by Crippen LogP contribution is 2.30. The van der Waals surface area contributed by atoms with E-state index in [1.165, 1.54) is 35.5 Å². The number of halogens is 1. The number of hydrogen-bond donors (Lipinski definition) is 1. The number of carbonyl (C=O) groups is 1. The quantitative estimate of drug-likeness (QED) is 0.847. The molecule has 1 heterocycles. The lowest BCUT2D eigenvalue weighted by Crippen LogP contribution is -2.43. The zero-order valence-corrected chi connectivity index (χ0v) is 15.7. The van der Waals surface area contributed by atoms with Gasteiger partial charge in [-0.15, -0.1) is 0 Å². The molecule has 0 bridgehead atoms. The third-order valence-corrected chi connectivity index (χ3v) is 6.31. The molecule has 2 aromatic rings. The number of nitrogens with zero attached hydrogens (tertiary/aromatic N) is 1. The first-order valence-electron chi connectivity index (χ1n) is 8.56. The standard InChI is InChI=1S/C19H21FN2O4S/c1-14(23)21-12-15-5-7-18(8-6-15)27(24,25)22-9-10-26-13-19(22)16-3-2-4-17(20)11-16/h2-8,11,19H,9-10,12-13H2,1H3,(H,21,23). The Balaban J connectivity index is 1.86. The molecule has 0 saturated carbocycles. The number of nitrogens with one attached hydrogen (secondary N) is 1. The predicted octanol–water partition coefficient (Wildman–Crippen LogP) is 2.22. The molecule has 1 N–H and O–H groups in total. The molecule has 144 valence electrons. The van der Waals surface area contributed by atoms with Crippen LogP contribution in [0, 0.1) is 5.82 Å². The zero-order chi connectivity index (χ0) is 19.4. The lowest BCUT2D eigenvalue weighted by Gasteiger charge is -2.34. The van der Waals surface area contributed by atoms with E-state index >= 15 is 0 Å². The minimum Gasteiger partial charge on any atom is -0.378 e. The molecule has 1 unspecified atom stereocenters. The van der Waals surface area contributed by atoms with Crippen molar-refractivity contribution in [2.24, 2.45) is 0 Å². The van der Waals surface area contributed by atoms with Gasteiger partial charge in [-0.05, 0) is 35.4 Å². The van der Waals surface area contributed by atoms with Gasteiger partial charge in [-0.25, -0.2) is 12.8 Å². The molecule has 0 aromatic heterocycles. The summed E-state index contributed by atoms with van der Waals surface area (Å²) in [6.07, 6.45) is 0. The van der Waals surface area contributed by atoms with Crippen LogP contribution in [0.25, 0.3) is 0 Å². The number of benzene rings is 2. The maximum atomic E-state index is 13.6. The van der Waals surface area contributed by atoms with E-state index in [0.717, 1.165) is 5.56 Å². The van der Waals surface area contributed by atoms with Crippen LogP contribution in [0.3, 0.4) is 0 Å². The Morgan fingerprint density at radius 2 is 2.00 bits per heavy atom. The molecule has 27 heavy (non-hydrogen) atoms. The van der Waals surface area contributed by atoms with Crippen molar-refractivity contribution in [1.29, 1.82) is 0 Å². The van der Waals surface area contributed by atoms with E-state index in [4.69, 9.17) is 4.74 Å². The summed E-state index contributed by atoms with van der Waals surface area (Å²) >= 11 is 0. The molecule has 1 atom stereocenters. The second-order valence-corrected chi connectivity index (χ2v) is 8.21. The van der Waals surface area contributed by atoms with Gasteiger partial charge in [-0.3, -0.25) is 4.79 Å². The van der Waals surface area contributed by atoms with Crippen LogP contribution in [0.2, 0.25) is 0 Å². The Bertz CT molecular complexity index is 916. The lowest BCUT2D eigenvalue weighted by atomic mass is 10.1. The molecule has 3 rings (SSSR count).